The number of imidazole rings is 1. The second-order valence-electron chi connectivity index (χ2n) is 6.23. The molecule has 0 radical (unpaired) electrons. The maximum Gasteiger partial charge on any atom is 0.449 e. The summed E-state index contributed by atoms with van der Waals surface area (Å²) >= 11 is 0. The summed E-state index contributed by atoms with van der Waals surface area (Å²) in [6.45, 7) is 2.74. The molecule has 4 rings (SSSR count). The molecule has 1 aliphatic rings. The van der Waals surface area contributed by atoms with Gasteiger partial charge < -0.3 is 18.8 Å². The SMILES string of the molecule is Cc1ccc(OCCn2c(C(F)(F)F)nc3cc4c(cc32)OCCO4)cc1. The van der Waals surface area contributed by atoms with E-state index < -0.39 is 12.0 Å². The van der Waals surface area contributed by atoms with E-state index >= 15 is 0 Å². The summed E-state index contributed by atoms with van der Waals surface area (Å²) in [5, 5.41) is 0. The fourth-order valence-electron chi connectivity index (χ4n) is 2.99. The van der Waals surface area contributed by atoms with Gasteiger partial charge in [-0.15, -0.1) is 0 Å². The molecule has 2 heterocycles. The van der Waals surface area contributed by atoms with E-state index in [1.807, 2.05) is 19.1 Å². The highest BCUT2D eigenvalue weighted by molar-refractivity contribution is 5.81. The molecule has 3 aromatic rings. The van der Waals surface area contributed by atoms with Gasteiger partial charge in [0.25, 0.3) is 0 Å². The van der Waals surface area contributed by atoms with Crippen LogP contribution in [0.15, 0.2) is 36.4 Å². The number of halogens is 3. The predicted molar refractivity (Wildman–Crippen MR) is 92.4 cm³/mol. The number of benzene rings is 2. The van der Waals surface area contributed by atoms with Crippen LogP contribution in [0.5, 0.6) is 17.2 Å². The molecule has 0 saturated carbocycles. The Morgan fingerprint density at radius 1 is 1.07 bits per heavy atom. The summed E-state index contributed by atoms with van der Waals surface area (Å²) in [6.07, 6.45) is -4.58. The van der Waals surface area contributed by atoms with Gasteiger partial charge in [0.15, 0.2) is 11.5 Å². The molecule has 0 amide bonds. The predicted octanol–water partition coefficient (Wildman–Crippen LogP) is 4.21. The molecule has 0 bridgehead atoms. The zero-order valence-corrected chi connectivity index (χ0v) is 14.5. The van der Waals surface area contributed by atoms with E-state index in [4.69, 9.17) is 14.2 Å². The molecule has 5 nitrogen and oxygen atoms in total. The standard InChI is InChI=1S/C19H17F3N2O3/c1-12-2-4-13(5-3-12)25-7-6-24-15-11-17-16(26-8-9-27-17)10-14(15)23-18(24)19(20,21)22/h2-5,10-11H,6-9H2,1H3. The number of ether oxygens (including phenoxy) is 3. The number of rotatable bonds is 4. The fourth-order valence-corrected chi connectivity index (χ4v) is 2.99. The highest BCUT2D eigenvalue weighted by Gasteiger charge is 2.38. The van der Waals surface area contributed by atoms with Crippen molar-refractivity contribution in [2.24, 2.45) is 0 Å². The summed E-state index contributed by atoms with van der Waals surface area (Å²) in [5.41, 5.74) is 1.62. The molecule has 0 atom stereocenters. The maximum absolute atomic E-state index is 13.5. The molecule has 1 aromatic heterocycles. The first-order valence-electron chi connectivity index (χ1n) is 8.48. The Bertz CT molecular complexity index is 965. The van der Waals surface area contributed by atoms with Crippen molar-refractivity contribution in [2.45, 2.75) is 19.6 Å². The van der Waals surface area contributed by atoms with Gasteiger partial charge in [0.05, 0.1) is 17.6 Å². The lowest BCUT2D eigenvalue weighted by molar-refractivity contribution is -0.147. The van der Waals surface area contributed by atoms with Crippen LogP contribution in [0.4, 0.5) is 13.2 Å². The van der Waals surface area contributed by atoms with E-state index in [2.05, 4.69) is 4.98 Å². The molecule has 0 spiro atoms. The van der Waals surface area contributed by atoms with E-state index in [0.717, 1.165) is 10.1 Å². The van der Waals surface area contributed by atoms with Crippen molar-refractivity contribution in [1.82, 2.24) is 9.55 Å². The smallest absolute Gasteiger partial charge is 0.449 e. The lowest BCUT2D eigenvalue weighted by Gasteiger charge is -2.18. The lowest BCUT2D eigenvalue weighted by Crippen LogP contribution is -2.18. The molecule has 27 heavy (non-hydrogen) atoms. The van der Waals surface area contributed by atoms with E-state index in [1.165, 1.54) is 12.1 Å². The van der Waals surface area contributed by atoms with Crippen LogP contribution in [-0.4, -0.2) is 29.4 Å². The van der Waals surface area contributed by atoms with Gasteiger partial charge in [0, 0.05) is 12.1 Å². The molecular weight excluding hydrogens is 361 g/mol. The van der Waals surface area contributed by atoms with Gasteiger partial charge >= 0.3 is 6.18 Å². The number of aryl methyl sites for hydroxylation is 1. The van der Waals surface area contributed by atoms with Gasteiger partial charge in [0.1, 0.15) is 25.6 Å². The number of nitrogens with zero attached hydrogens (tertiary/aromatic N) is 2. The Morgan fingerprint density at radius 2 is 1.74 bits per heavy atom. The average Bonchev–Trinajstić information content (AvgIpc) is 2.99. The van der Waals surface area contributed by atoms with Crippen molar-refractivity contribution in [3.05, 3.63) is 47.8 Å². The number of hydrogen-bond donors (Lipinski definition) is 0. The summed E-state index contributed by atoms with van der Waals surface area (Å²) in [7, 11) is 0. The van der Waals surface area contributed by atoms with Crippen LogP contribution in [0.1, 0.15) is 11.4 Å². The summed E-state index contributed by atoms with van der Waals surface area (Å²) in [6, 6.07) is 10.4. The third-order valence-electron chi connectivity index (χ3n) is 4.27. The third-order valence-corrected chi connectivity index (χ3v) is 4.27. The Morgan fingerprint density at radius 3 is 2.41 bits per heavy atom. The second-order valence-corrected chi connectivity index (χ2v) is 6.23. The second kappa shape index (κ2) is 6.68. The average molecular weight is 378 g/mol. The minimum absolute atomic E-state index is 0.00113. The quantitative estimate of drug-likeness (QED) is 0.682. The first-order valence-corrected chi connectivity index (χ1v) is 8.48. The monoisotopic (exact) mass is 378 g/mol. The van der Waals surface area contributed by atoms with Crippen LogP contribution >= 0.6 is 0 Å². The molecular formula is C19H17F3N2O3. The van der Waals surface area contributed by atoms with Crippen molar-refractivity contribution in [1.29, 1.82) is 0 Å². The first kappa shape index (κ1) is 17.5. The Hall–Kier alpha value is -2.90. The number of hydrogen-bond acceptors (Lipinski definition) is 4. The highest BCUT2D eigenvalue weighted by atomic mass is 19.4. The van der Waals surface area contributed by atoms with Crippen molar-refractivity contribution in [3.8, 4) is 17.2 Å². The van der Waals surface area contributed by atoms with Crippen molar-refractivity contribution in [2.75, 3.05) is 19.8 Å². The van der Waals surface area contributed by atoms with E-state index in [-0.39, 0.29) is 18.7 Å². The molecule has 2 aromatic carbocycles. The van der Waals surface area contributed by atoms with E-state index in [0.29, 0.717) is 36.0 Å². The number of aromatic nitrogens is 2. The zero-order valence-electron chi connectivity index (χ0n) is 14.5. The van der Waals surface area contributed by atoms with Gasteiger partial charge in [-0.25, -0.2) is 4.98 Å². The van der Waals surface area contributed by atoms with Crippen LogP contribution in [0.25, 0.3) is 11.0 Å². The minimum atomic E-state index is -4.58. The number of alkyl halides is 3. The van der Waals surface area contributed by atoms with Gasteiger partial charge in [-0.3, -0.25) is 0 Å². The summed E-state index contributed by atoms with van der Waals surface area (Å²) < 4.78 is 58.0. The zero-order chi connectivity index (χ0) is 19.0. The summed E-state index contributed by atoms with van der Waals surface area (Å²) in [5.74, 6) is 0.464. The third kappa shape index (κ3) is 3.51. The van der Waals surface area contributed by atoms with Crippen molar-refractivity contribution >= 4 is 11.0 Å². The van der Waals surface area contributed by atoms with Crippen LogP contribution in [0.2, 0.25) is 0 Å². The van der Waals surface area contributed by atoms with Gasteiger partial charge in [-0.1, -0.05) is 17.7 Å². The highest BCUT2D eigenvalue weighted by Crippen LogP contribution is 2.38. The van der Waals surface area contributed by atoms with E-state index in [9.17, 15) is 13.2 Å². The number of fused-ring (bicyclic) bond motifs is 2. The van der Waals surface area contributed by atoms with E-state index in [1.54, 1.807) is 12.1 Å². The largest absolute Gasteiger partial charge is 0.492 e. The Balaban J connectivity index is 1.65. The van der Waals surface area contributed by atoms with Crippen LogP contribution in [0.3, 0.4) is 0 Å². The lowest BCUT2D eigenvalue weighted by atomic mass is 10.2. The first-order chi connectivity index (χ1) is 12.9. The van der Waals surface area contributed by atoms with Gasteiger partial charge in [0.2, 0.25) is 5.82 Å². The minimum Gasteiger partial charge on any atom is -0.492 e. The molecule has 8 heteroatoms. The molecule has 0 fully saturated rings. The molecule has 0 saturated heterocycles. The summed E-state index contributed by atoms with van der Waals surface area (Å²) in [4.78, 5) is 3.78. The molecule has 0 unspecified atom stereocenters. The van der Waals surface area contributed by atoms with Crippen molar-refractivity contribution in [3.63, 3.8) is 0 Å². The Kier molecular flexibility index (Phi) is 4.33. The molecule has 0 aliphatic carbocycles. The molecule has 0 N–H and O–H groups in total. The fraction of sp³-hybridized carbons (Fsp3) is 0.316. The van der Waals surface area contributed by atoms with Crippen LogP contribution < -0.4 is 14.2 Å². The maximum atomic E-state index is 13.5. The molecule has 142 valence electrons. The van der Waals surface area contributed by atoms with Gasteiger partial charge in [-0.05, 0) is 19.1 Å². The van der Waals surface area contributed by atoms with Crippen LogP contribution in [0, 0.1) is 6.92 Å². The normalized spacial score (nSPS) is 13.8. The molecule has 1 aliphatic heterocycles. The van der Waals surface area contributed by atoms with Crippen LogP contribution in [-0.2, 0) is 12.7 Å². The topological polar surface area (TPSA) is 45.5 Å². The Labute approximate surface area is 153 Å². The van der Waals surface area contributed by atoms with Gasteiger partial charge in [-0.2, -0.15) is 13.2 Å². The van der Waals surface area contributed by atoms with Crippen molar-refractivity contribution < 1.29 is 27.4 Å².